The summed E-state index contributed by atoms with van der Waals surface area (Å²) in [5.74, 6) is 1.38. The molecule has 0 radical (unpaired) electrons. The summed E-state index contributed by atoms with van der Waals surface area (Å²) in [6, 6.07) is 19.5. The minimum atomic E-state index is -0.107. The van der Waals surface area contributed by atoms with E-state index >= 15 is 0 Å². The summed E-state index contributed by atoms with van der Waals surface area (Å²) in [4.78, 5) is 17.2. The second kappa shape index (κ2) is 8.35. The highest BCUT2D eigenvalue weighted by atomic mass is 32.2. The topological polar surface area (TPSA) is 60.1 Å². The van der Waals surface area contributed by atoms with Crippen LogP contribution in [0, 0.1) is 0 Å². The molecule has 0 aliphatic carbocycles. The lowest BCUT2D eigenvalue weighted by Gasteiger charge is -2.07. The second-order valence-electron chi connectivity index (χ2n) is 6.38. The lowest BCUT2D eigenvalue weighted by Crippen LogP contribution is -2.22. The third-order valence-corrected chi connectivity index (χ3v) is 5.54. The quantitative estimate of drug-likeness (QED) is 0.457. The van der Waals surface area contributed by atoms with Crippen molar-refractivity contribution in [3.63, 3.8) is 0 Å². The number of furan rings is 1. The maximum Gasteiger partial charge on any atom is 0.251 e. The Morgan fingerprint density at radius 1 is 1.14 bits per heavy atom. The van der Waals surface area contributed by atoms with Gasteiger partial charge in [0.15, 0.2) is 5.16 Å². The molecule has 1 N–H and O–H groups in total. The number of imidazole rings is 1. The number of benzene rings is 2. The highest BCUT2D eigenvalue weighted by Crippen LogP contribution is 2.27. The Labute approximate surface area is 167 Å². The number of hydrogen-bond donors (Lipinski definition) is 1. The van der Waals surface area contributed by atoms with Crippen molar-refractivity contribution in [2.24, 2.45) is 0 Å². The summed E-state index contributed by atoms with van der Waals surface area (Å²) in [7, 11) is 0. The van der Waals surface area contributed by atoms with Gasteiger partial charge in [-0.1, -0.05) is 36.0 Å². The van der Waals surface area contributed by atoms with Crippen LogP contribution in [0.1, 0.15) is 28.6 Å². The molecule has 1 amide bonds. The van der Waals surface area contributed by atoms with E-state index in [0.29, 0.717) is 12.1 Å². The van der Waals surface area contributed by atoms with Gasteiger partial charge in [0.05, 0.1) is 23.8 Å². The average Bonchev–Trinajstić information content (AvgIpc) is 3.37. The van der Waals surface area contributed by atoms with E-state index in [-0.39, 0.29) is 5.91 Å². The monoisotopic (exact) mass is 391 g/mol. The summed E-state index contributed by atoms with van der Waals surface area (Å²) in [6.07, 6.45) is 1.60. The van der Waals surface area contributed by atoms with Crippen LogP contribution in [-0.4, -0.2) is 15.5 Å². The van der Waals surface area contributed by atoms with Crippen LogP contribution < -0.4 is 5.32 Å². The number of aryl methyl sites for hydroxylation is 1. The Morgan fingerprint density at radius 2 is 2.04 bits per heavy atom. The van der Waals surface area contributed by atoms with Crippen molar-refractivity contribution < 1.29 is 9.21 Å². The van der Waals surface area contributed by atoms with Gasteiger partial charge in [-0.15, -0.1) is 0 Å². The minimum absolute atomic E-state index is 0.107. The van der Waals surface area contributed by atoms with Gasteiger partial charge in [0.1, 0.15) is 5.76 Å². The second-order valence-corrected chi connectivity index (χ2v) is 7.32. The Kier molecular flexibility index (Phi) is 5.48. The van der Waals surface area contributed by atoms with E-state index in [1.807, 2.05) is 54.6 Å². The molecule has 2 aromatic heterocycles. The molecule has 0 aliphatic rings. The fraction of sp³-hybridized carbons (Fsp3) is 0.182. The smallest absolute Gasteiger partial charge is 0.251 e. The van der Waals surface area contributed by atoms with Gasteiger partial charge >= 0.3 is 0 Å². The van der Waals surface area contributed by atoms with Crippen molar-refractivity contribution in [2.75, 3.05) is 0 Å². The number of carbonyl (C=O) groups is 1. The van der Waals surface area contributed by atoms with Gasteiger partial charge in [-0.3, -0.25) is 4.79 Å². The first-order valence-electron chi connectivity index (χ1n) is 9.22. The van der Waals surface area contributed by atoms with Gasteiger partial charge in [-0.05, 0) is 48.9 Å². The lowest BCUT2D eigenvalue weighted by molar-refractivity contribution is 0.0948. The van der Waals surface area contributed by atoms with Gasteiger partial charge in [0, 0.05) is 17.9 Å². The number of nitrogens with zero attached hydrogens (tertiary/aromatic N) is 2. The number of hydrogen-bond acceptors (Lipinski definition) is 4. The Hall–Kier alpha value is -2.99. The maximum absolute atomic E-state index is 12.4. The minimum Gasteiger partial charge on any atom is -0.467 e. The molecule has 28 heavy (non-hydrogen) atoms. The van der Waals surface area contributed by atoms with Crippen LogP contribution in [-0.2, 0) is 18.8 Å². The lowest BCUT2D eigenvalue weighted by atomic mass is 10.1. The molecular weight excluding hydrogens is 370 g/mol. The van der Waals surface area contributed by atoms with Gasteiger partial charge in [0.25, 0.3) is 5.91 Å². The molecule has 0 saturated carbocycles. The van der Waals surface area contributed by atoms with Crippen molar-refractivity contribution >= 4 is 28.7 Å². The molecule has 4 aromatic rings. The third-order valence-electron chi connectivity index (χ3n) is 4.50. The first-order valence-corrected chi connectivity index (χ1v) is 10.2. The Balaban J connectivity index is 1.44. The largest absolute Gasteiger partial charge is 0.467 e. The summed E-state index contributed by atoms with van der Waals surface area (Å²) in [5.41, 5.74) is 3.90. The van der Waals surface area contributed by atoms with Crippen molar-refractivity contribution in [1.82, 2.24) is 14.9 Å². The zero-order valence-corrected chi connectivity index (χ0v) is 16.4. The van der Waals surface area contributed by atoms with Gasteiger partial charge < -0.3 is 14.3 Å². The molecule has 0 atom stereocenters. The van der Waals surface area contributed by atoms with Gasteiger partial charge in [0.2, 0.25) is 0 Å². The van der Waals surface area contributed by atoms with E-state index in [4.69, 9.17) is 9.40 Å². The summed E-state index contributed by atoms with van der Waals surface area (Å²) in [6.45, 7) is 3.38. The van der Waals surface area contributed by atoms with Crippen molar-refractivity contribution in [1.29, 1.82) is 0 Å². The molecule has 5 nitrogen and oxygen atoms in total. The average molecular weight is 391 g/mol. The van der Waals surface area contributed by atoms with E-state index in [9.17, 15) is 4.79 Å². The molecule has 0 bridgehead atoms. The fourth-order valence-corrected chi connectivity index (χ4v) is 4.12. The third kappa shape index (κ3) is 3.97. The van der Waals surface area contributed by atoms with Gasteiger partial charge in [-0.25, -0.2) is 4.98 Å². The number of amides is 1. The highest BCUT2D eigenvalue weighted by Gasteiger charge is 2.11. The molecule has 0 aliphatic heterocycles. The van der Waals surface area contributed by atoms with Crippen LogP contribution in [0.15, 0.2) is 76.5 Å². The first kappa shape index (κ1) is 18.4. The molecule has 6 heteroatoms. The van der Waals surface area contributed by atoms with E-state index in [1.54, 1.807) is 18.0 Å². The molecule has 0 fully saturated rings. The van der Waals surface area contributed by atoms with Crippen molar-refractivity contribution in [3.8, 4) is 0 Å². The summed E-state index contributed by atoms with van der Waals surface area (Å²) >= 11 is 1.69. The fourth-order valence-electron chi connectivity index (χ4n) is 3.10. The molecule has 0 spiro atoms. The van der Waals surface area contributed by atoms with Crippen LogP contribution in [0.25, 0.3) is 11.0 Å². The van der Waals surface area contributed by atoms with Crippen LogP contribution in [0.3, 0.4) is 0 Å². The summed E-state index contributed by atoms with van der Waals surface area (Å²) < 4.78 is 7.47. The predicted octanol–water partition coefficient (Wildman–Crippen LogP) is 4.87. The Morgan fingerprint density at radius 3 is 2.86 bits per heavy atom. The van der Waals surface area contributed by atoms with E-state index < -0.39 is 0 Å². The predicted molar refractivity (Wildman–Crippen MR) is 111 cm³/mol. The zero-order valence-electron chi connectivity index (χ0n) is 15.6. The van der Waals surface area contributed by atoms with Crippen molar-refractivity contribution in [2.45, 2.75) is 30.9 Å². The van der Waals surface area contributed by atoms with E-state index in [0.717, 1.165) is 39.8 Å². The molecule has 0 saturated heterocycles. The maximum atomic E-state index is 12.4. The normalized spacial score (nSPS) is 11.0. The van der Waals surface area contributed by atoms with E-state index in [1.165, 1.54) is 0 Å². The van der Waals surface area contributed by atoms with Crippen LogP contribution in [0.4, 0.5) is 0 Å². The highest BCUT2D eigenvalue weighted by molar-refractivity contribution is 7.98. The number of fused-ring (bicyclic) bond motifs is 1. The molecule has 142 valence electrons. The standard InChI is InChI=1S/C22H21N3O2S/c1-2-25-20-11-4-3-10-19(20)24-22(25)28-15-16-7-5-8-17(13-16)21(26)23-14-18-9-6-12-27-18/h3-13H,2,14-15H2,1H3,(H,23,26). The summed E-state index contributed by atoms with van der Waals surface area (Å²) in [5, 5.41) is 3.88. The molecular formula is C22H21N3O2S. The molecule has 2 aromatic carbocycles. The van der Waals surface area contributed by atoms with Crippen LogP contribution in [0.5, 0.6) is 0 Å². The SMILES string of the molecule is CCn1c(SCc2cccc(C(=O)NCc3ccco3)c2)nc2ccccc21. The van der Waals surface area contributed by atoms with Crippen LogP contribution in [0.2, 0.25) is 0 Å². The van der Waals surface area contributed by atoms with Crippen molar-refractivity contribution in [3.05, 3.63) is 83.8 Å². The van der Waals surface area contributed by atoms with Gasteiger partial charge in [-0.2, -0.15) is 0 Å². The molecule has 4 rings (SSSR count). The number of rotatable bonds is 7. The number of carbonyl (C=O) groups excluding carboxylic acids is 1. The van der Waals surface area contributed by atoms with Crippen LogP contribution >= 0.6 is 11.8 Å². The zero-order chi connectivity index (χ0) is 19.3. The molecule has 2 heterocycles. The van der Waals surface area contributed by atoms with E-state index in [2.05, 4.69) is 22.9 Å². The molecule has 0 unspecified atom stereocenters. The Bertz CT molecular complexity index is 1090. The number of thioether (sulfide) groups is 1. The first-order chi connectivity index (χ1) is 13.7. The number of para-hydroxylation sites is 2. The number of nitrogens with one attached hydrogen (secondary N) is 1. The number of aromatic nitrogens is 2.